The SMILES string of the molecule is Cc1ccc(OCC(=O)NCc2cccc(Cn3ccnc3C)c2)c(C)c1. The summed E-state index contributed by atoms with van der Waals surface area (Å²) in [6.45, 7) is 7.26. The molecule has 3 aromatic rings. The number of aromatic nitrogens is 2. The van der Waals surface area contributed by atoms with E-state index in [2.05, 4.69) is 27.0 Å². The highest BCUT2D eigenvalue weighted by molar-refractivity contribution is 5.77. The molecule has 0 aliphatic carbocycles. The van der Waals surface area contributed by atoms with Crippen LogP contribution in [0, 0.1) is 20.8 Å². The van der Waals surface area contributed by atoms with Crippen LogP contribution in [0.15, 0.2) is 54.9 Å². The van der Waals surface area contributed by atoms with Gasteiger partial charge in [-0.25, -0.2) is 4.98 Å². The number of benzene rings is 2. The van der Waals surface area contributed by atoms with Crippen LogP contribution in [0.25, 0.3) is 0 Å². The zero-order valence-corrected chi connectivity index (χ0v) is 16.0. The van der Waals surface area contributed by atoms with Crippen LogP contribution in [0.3, 0.4) is 0 Å². The summed E-state index contributed by atoms with van der Waals surface area (Å²) in [4.78, 5) is 16.3. The maximum Gasteiger partial charge on any atom is 0.258 e. The Bertz CT molecular complexity index is 931. The number of amides is 1. The van der Waals surface area contributed by atoms with Crippen molar-refractivity contribution in [3.63, 3.8) is 0 Å². The van der Waals surface area contributed by atoms with Crippen LogP contribution in [0.5, 0.6) is 5.75 Å². The number of ether oxygens (including phenoxy) is 1. The summed E-state index contributed by atoms with van der Waals surface area (Å²) in [5.41, 5.74) is 4.44. The summed E-state index contributed by atoms with van der Waals surface area (Å²) in [6, 6.07) is 14.1. The van der Waals surface area contributed by atoms with Gasteiger partial charge in [-0.3, -0.25) is 4.79 Å². The van der Waals surface area contributed by atoms with Crippen molar-refractivity contribution in [2.24, 2.45) is 0 Å². The number of aryl methyl sites for hydroxylation is 3. The molecule has 1 heterocycles. The van der Waals surface area contributed by atoms with E-state index in [-0.39, 0.29) is 12.5 Å². The minimum atomic E-state index is -0.133. The van der Waals surface area contributed by atoms with E-state index in [1.54, 1.807) is 6.20 Å². The summed E-state index contributed by atoms with van der Waals surface area (Å²) in [5.74, 6) is 1.59. The van der Waals surface area contributed by atoms with Crippen LogP contribution < -0.4 is 10.1 Å². The minimum absolute atomic E-state index is 0.0117. The molecule has 5 nitrogen and oxygen atoms in total. The zero-order chi connectivity index (χ0) is 19.2. The number of nitrogens with zero attached hydrogens (tertiary/aromatic N) is 2. The van der Waals surface area contributed by atoms with Gasteiger partial charge in [0.2, 0.25) is 0 Å². The molecule has 140 valence electrons. The summed E-state index contributed by atoms with van der Waals surface area (Å²) in [6.07, 6.45) is 3.77. The maximum atomic E-state index is 12.1. The molecule has 0 saturated carbocycles. The normalized spacial score (nSPS) is 10.6. The standard InChI is InChI=1S/C22H25N3O2/c1-16-7-8-21(17(2)11-16)27-15-22(26)24-13-19-5-4-6-20(12-19)14-25-10-9-23-18(25)3/h4-12H,13-15H2,1-3H3,(H,24,26). The molecule has 5 heteroatoms. The van der Waals surface area contributed by atoms with E-state index in [0.717, 1.165) is 29.2 Å². The first-order valence-electron chi connectivity index (χ1n) is 9.03. The molecule has 0 spiro atoms. The van der Waals surface area contributed by atoms with Crippen molar-refractivity contribution in [2.45, 2.75) is 33.9 Å². The van der Waals surface area contributed by atoms with Crippen LogP contribution in [-0.4, -0.2) is 22.1 Å². The predicted molar refractivity (Wildman–Crippen MR) is 106 cm³/mol. The van der Waals surface area contributed by atoms with Gasteiger partial charge in [0.05, 0.1) is 0 Å². The lowest BCUT2D eigenvalue weighted by Gasteiger charge is -2.11. The van der Waals surface area contributed by atoms with Gasteiger partial charge < -0.3 is 14.6 Å². The van der Waals surface area contributed by atoms with E-state index in [4.69, 9.17) is 4.74 Å². The van der Waals surface area contributed by atoms with Gasteiger partial charge in [0.25, 0.3) is 5.91 Å². The molecule has 0 radical (unpaired) electrons. The van der Waals surface area contributed by atoms with Crippen LogP contribution in [-0.2, 0) is 17.9 Å². The molecule has 1 aromatic heterocycles. The second-order valence-electron chi connectivity index (χ2n) is 6.76. The average Bonchev–Trinajstić information content (AvgIpc) is 3.04. The Balaban J connectivity index is 1.51. The van der Waals surface area contributed by atoms with Crippen molar-refractivity contribution in [3.8, 4) is 5.75 Å². The van der Waals surface area contributed by atoms with Crippen molar-refractivity contribution < 1.29 is 9.53 Å². The monoisotopic (exact) mass is 363 g/mol. The Labute approximate surface area is 160 Å². The predicted octanol–water partition coefficient (Wildman–Crippen LogP) is 3.55. The Morgan fingerprint density at radius 2 is 1.93 bits per heavy atom. The van der Waals surface area contributed by atoms with E-state index in [1.165, 1.54) is 11.1 Å². The van der Waals surface area contributed by atoms with E-state index >= 15 is 0 Å². The Hall–Kier alpha value is -3.08. The van der Waals surface area contributed by atoms with E-state index in [1.807, 2.05) is 57.3 Å². The molecule has 0 saturated heterocycles. The van der Waals surface area contributed by atoms with Gasteiger partial charge in [-0.1, -0.05) is 42.0 Å². The van der Waals surface area contributed by atoms with Crippen LogP contribution in [0.2, 0.25) is 0 Å². The second kappa shape index (κ2) is 8.54. The molecular weight excluding hydrogens is 338 g/mol. The van der Waals surface area contributed by atoms with E-state index in [9.17, 15) is 4.79 Å². The molecule has 0 bridgehead atoms. The molecule has 0 aliphatic rings. The zero-order valence-electron chi connectivity index (χ0n) is 16.0. The molecule has 0 unspecified atom stereocenters. The van der Waals surface area contributed by atoms with Crippen molar-refractivity contribution in [1.82, 2.24) is 14.9 Å². The number of imidazole rings is 1. The first-order valence-corrected chi connectivity index (χ1v) is 9.03. The first kappa shape index (κ1) is 18.7. The fourth-order valence-electron chi connectivity index (χ4n) is 2.96. The second-order valence-corrected chi connectivity index (χ2v) is 6.76. The van der Waals surface area contributed by atoms with Gasteiger partial charge in [-0.15, -0.1) is 0 Å². The quantitative estimate of drug-likeness (QED) is 0.698. The van der Waals surface area contributed by atoms with Gasteiger partial charge in [-0.05, 0) is 43.5 Å². The number of hydrogen-bond acceptors (Lipinski definition) is 3. The summed E-state index contributed by atoms with van der Waals surface area (Å²) >= 11 is 0. The third-order valence-electron chi connectivity index (χ3n) is 4.45. The van der Waals surface area contributed by atoms with Crippen LogP contribution in [0.4, 0.5) is 0 Å². The molecule has 3 rings (SSSR count). The number of nitrogens with one attached hydrogen (secondary N) is 1. The van der Waals surface area contributed by atoms with Crippen LogP contribution in [0.1, 0.15) is 28.1 Å². The Morgan fingerprint density at radius 1 is 1.11 bits per heavy atom. The largest absolute Gasteiger partial charge is 0.484 e. The highest BCUT2D eigenvalue weighted by Gasteiger charge is 2.06. The molecule has 27 heavy (non-hydrogen) atoms. The lowest BCUT2D eigenvalue weighted by molar-refractivity contribution is -0.123. The van der Waals surface area contributed by atoms with Crippen molar-refractivity contribution in [2.75, 3.05) is 6.61 Å². The van der Waals surface area contributed by atoms with E-state index in [0.29, 0.717) is 6.54 Å². The van der Waals surface area contributed by atoms with Gasteiger partial charge in [0.15, 0.2) is 6.61 Å². The van der Waals surface area contributed by atoms with Crippen molar-refractivity contribution in [1.29, 1.82) is 0 Å². The van der Waals surface area contributed by atoms with Crippen LogP contribution >= 0.6 is 0 Å². The molecule has 0 aliphatic heterocycles. The third kappa shape index (κ3) is 5.20. The molecule has 1 N–H and O–H groups in total. The third-order valence-corrected chi connectivity index (χ3v) is 4.45. The molecule has 0 atom stereocenters. The summed E-state index contributed by atoms with van der Waals surface area (Å²) in [7, 11) is 0. The first-order chi connectivity index (χ1) is 13.0. The lowest BCUT2D eigenvalue weighted by atomic mass is 10.1. The van der Waals surface area contributed by atoms with Crippen molar-refractivity contribution in [3.05, 3.63) is 82.9 Å². The van der Waals surface area contributed by atoms with Gasteiger partial charge >= 0.3 is 0 Å². The molecular formula is C22H25N3O2. The number of carbonyl (C=O) groups is 1. The maximum absolute atomic E-state index is 12.1. The summed E-state index contributed by atoms with van der Waals surface area (Å²) < 4.78 is 7.72. The Kier molecular flexibility index (Phi) is 5.91. The number of rotatable bonds is 7. The number of hydrogen-bond donors (Lipinski definition) is 1. The lowest BCUT2D eigenvalue weighted by Crippen LogP contribution is -2.28. The smallest absolute Gasteiger partial charge is 0.258 e. The fourth-order valence-corrected chi connectivity index (χ4v) is 2.96. The average molecular weight is 363 g/mol. The van der Waals surface area contributed by atoms with Gasteiger partial charge in [-0.2, -0.15) is 0 Å². The summed E-state index contributed by atoms with van der Waals surface area (Å²) in [5, 5.41) is 2.91. The fraction of sp³-hybridized carbons (Fsp3) is 0.273. The van der Waals surface area contributed by atoms with Gasteiger partial charge in [0, 0.05) is 25.5 Å². The molecule has 0 fully saturated rings. The highest BCUT2D eigenvalue weighted by Crippen LogP contribution is 2.18. The number of carbonyl (C=O) groups excluding carboxylic acids is 1. The highest BCUT2D eigenvalue weighted by atomic mass is 16.5. The molecule has 2 aromatic carbocycles. The topological polar surface area (TPSA) is 56.1 Å². The molecule has 1 amide bonds. The Morgan fingerprint density at radius 3 is 2.67 bits per heavy atom. The van der Waals surface area contributed by atoms with Crippen molar-refractivity contribution >= 4 is 5.91 Å². The van der Waals surface area contributed by atoms with Gasteiger partial charge in [0.1, 0.15) is 11.6 Å². The minimum Gasteiger partial charge on any atom is -0.484 e. The van der Waals surface area contributed by atoms with E-state index < -0.39 is 0 Å².